The lowest BCUT2D eigenvalue weighted by Gasteiger charge is -2.14. The van der Waals surface area contributed by atoms with E-state index < -0.39 is 30.1 Å². The van der Waals surface area contributed by atoms with Gasteiger partial charge in [-0.25, -0.2) is 4.39 Å². The van der Waals surface area contributed by atoms with Gasteiger partial charge in [0.2, 0.25) is 5.91 Å². The first-order valence-electron chi connectivity index (χ1n) is 8.08. The molecule has 8 heteroatoms. The summed E-state index contributed by atoms with van der Waals surface area (Å²) < 4.78 is 24.1. The normalized spacial score (nSPS) is 12.8. The molecule has 3 rings (SSSR count). The highest BCUT2D eigenvalue weighted by atomic mass is 19.1. The van der Waals surface area contributed by atoms with Crippen molar-refractivity contribution < 1.29 is 28.2 Å². The van der Waals surface area contributed by atoms with Crippen LogP contribution in [0.4, 0.5) is 4.39 Å². The molecule has 140 valence electrons. The summed E-state index contributed by atoms with van der Waals surface area (Å²) in [6.07, 6.45) is 0. The van der Waals surface area contributed by atoms with Crippen LogP contribution in [0.5, 0.6) is 11.5 Å². The fourth-order valence-corrected chi connectivity index (χ4v) is 2.83. The number of nitrogens with zero attached hydrogens (tertiary/aromatic N) is 1. The summed E-state index contributed by atoms with van der Waals surface area (Å²) in [6.45, 7) is -0.324. The van der Waals surface area contributed by atoms with Gasteiger partial charge in [0, 0.05) is 6.54 Å². The molecule has 0 spiro atoms. The zero-order valence-electron chi connectivity index (χ0n) is 14.7. The molecule has 27 heavy (non-hydrogen) atoms. The molecule has 2 aromatic rings. The fourth-order valence-electron chi connectivity index (χ4n) is 2.83. The lowest BCUT2D eigenvalue weighted by molar-refractivity contribution is -0.121. The van der Waals surface area contributed by atoms with E-state index in [9.17, 15) is 18.8 Å². The third kappa shape index (κ3) is 3.46. The first kappa shape index (κ1) is 18.4. The van der Waals surface area contributed by atoms with Crippen molar-refractivity contribution in [2.45, 2.75) is 6.54 Å². The Labute approximate surface area is 154 Å². The largest absolute Gasteiger partial charge is 0.493 e. The van der Waals surface area contributed by atoms with E-state index in [0.717, 1.165) is 16.5 Å². The number of halogens is 1. The minimum absolute atomic E-state index is 0.0345. The van der Waals surface area contributed by atoms with E-state index in [1.54, 1.807) is 18.2 Å². The van der Waals surface area contributed by atoms with Crippen LogP contribution in [0.1, 0.15) is 26.3 Å². The van der Waals surface area contributed by atoms with Gasteiger partial charge in [-0.05, 0) is 29.8 Å². The van der Waals surface area contributed by atoms with Gasteiger partial charge in [0.25, 0.3) is 11.8 Å². The van der Waals surface area contributed by atoms with E-state index in [-0.39, 0.29) is 17.7 Å². The number of ether oxygens (including phenoxy) is 2. The summed E-state index contributed by atoms with van der Waals surface area (Å²) in [4.78, 5) is 37.4. The maximum atomic E-state index is 13.8. The van der Waals surface area contributed by atoms with Crippen LogP contribution in [-0.4, -0.2) is 43.4 Å². The molecular weight excluding hydrogens is 355 g/mol. The van der Waals surface area contributed by atoms with Gasteiger partial charge in [0.15, 0.2) is 11.5 Å². The number of rotatable bonds is 6. The molecule has 0 aliphatic carbocycles. The second kappa shape index (κ2) is 7.45. The number of fused-ring (bicyclic) bond motifs is 1. The Balaban J connectivity index is 1.65. The quantitative estimate of drug-likeness (QED) is 0.781. The zero-order valence-corrected chi connectivity index (χ0v) is 14.7. The van der Waals surface area contributed by atoms with Crippen molar-refractivity contribution in [2.75, 3.05) is 20.8 Å². The topological polar surface area (TPSA) is 84.9 Å². The average molecular weight is 372 g/mol. The van der Waals surface area contributed by atoms with Crippen LogP contribution in [0.15, 0.2) is 36.4 Å². The molecular formula is C19H17FN2O5. The molecule has 0 atom stereocenters. The lowest BCUT2D eigenvalue weighted by Crippen LogP contribution is -2.40. The molecule has 0 aromatic heterocycles. The summed E-state index contributed by atoms with van der Waals surface area (Å²) >= 11 is 0. The second-order valence-corrected chi connectivity index (χ2v) is 5.82. The molecule has 1 aliphatic rings. The van der Waals surface area contributed by atoms with E-state index in [4.69, 9.17) is 9.47 Å². The minimum Gasteiger partial charge on any atom is -0.493 e. The van der Waals surface area contributed by atoms with Gasteiger partial charge >= 0.3 is 0 Å². The minimum atomic E-state index is -0.811. The van der Waals surface area contributed by atoms with E-state index in [1.807, 2.05) is 0 Å². The molecule has 1 N–H and O–H groups in total. The summed E-state index contributed by atoms with van der Waals surface area (Å²) in [5, 5.41) is 2.62. The van der Waals surface area contributed by atoms with Crippen LogP contribution < -0.4 is 14.8 Å². The van der Waals surface area contributed by atoms with Crippen molar-refractivity contribution in [3.8, 4) is 11.5 Å². The number of benzene rings is 2. The first-order valence-corrected chi connectivity index (χ1v) is 8.08. The fraction of sp³-hybridized carbons (Fsp3) is 0.211. The van der Waals surface area contributed by atoms with Crippen molar-refractivity contribution in [1.29, 1.82) is 0 Å². The summed E-state index contributed by atoms with van der Waals surface area (Å²) in [7, 11) is 3.02. The number of nitrogens with one attached hydrogen (secondary N) is 1. The zero-order chi connectivity index (χ0) is 19.6. The van der Waals surface area contributed by atoms with Gasteiger partial charge in [-0.3, -0.25) is 19.3 Å². The highest BCUT2D eigenvalue weighted by molar-refractivity contribution is 6.22. The predicted octanol–water partition coefficient (Wildman–Crippen LogP) is 1.76. The monoisotopic (exact) mass is 372 g/mol. The number of methoxy groups -OCH3 is 2. The van der Waals surface area contributed by atoms with Crippen molar-refractivity contribution >= 4 is 17.7 Å². The van der Waals surface area contributed by atoms with Crippen LogP contribution >= 0.6 is 0 Å². The number of imide groups is 1. The molecule has 0 fully saturated rings. The number of amides is 3. The molecule has 2 aromatic carbocycles. The van der Waals surface area contributed by atoms with E-state index in [2.05, 4.69) is 5.32 Å². The second-order valence-electron chi connectivity index (χ2n) is 5.82. The number of hydrogen-bond donors (Lipinski definition) is 1. The molecule has 0 saturated heterocycles. The van der Waals surface area contributed by atoms with E-state index in [1.165, 1.54) is 26.4 Å². The van der Waals surface area contributed by atoms with Gasteiger partial charge in [0.05, 0.1) is 25.3 Å². The van der Waals surface area contributed by atoms with Crippen molar-refractivity contribution in [1.82, 2.24) is 10.2 Å². The molecule has 1 heterocycles. The number of hydrogen-bond acceptors (Lipinski definition) is 5. The summed E-state index contributed by atoms with van der Waals surface area (Å²) in [5.74, 6) is -1.75. The van der Waals surface area contributed by atoms with E-state index in [0.29, 0.717) is 11.5 Å². The standard InChI is InChI=1S/C19H17FN2O5/c1-26-14-7-6-11(8-15(14)27-2)9-21-16(23)10-22-18(24)12-4-3-5-13(20)17(12)19(22)25/h3-8H,9-10H2,1-2H3,(H,21,23). The predicted molar refractivity (Wildman–Crippen MR) is 93.2 cm³/mol. The van der Waals surface area contributed by atoms with Crippen molar-refractivity contribution in [3.63, 3.8) is 0 Å². The molecule has 0 bridgehead atoms. The van der Waals surface area contributed by atoms with Gasteiger partial charge in [0.1, 0.15) is 12.4 Å². The summed E-state index contributed by atoms with van der Waals surface area (Å²) in [5.41, 5.74) is 0.414. The number of carbonyl (C=O) groups is 3. The van der Waals surface area contributed by atoms with Crippen molar-refractivity contribution in [3.05, 3.63) is 58.9 Å². The van der Waals surface area contributed by atoms with Crippen LogP contribution in [0.3, 0.4) is 0 Å². The van der Waals surface area contributed by atoms with Crippen LogP contribution in [0, 0.1) is 5.82 Å². The van der Waals surface area contributed by atoms with Gasteiger partial charge < -0.3 is 14.8 Å². The Morgan fingerprint density at radius 2 is 1.81 bits per heavy atom. The maximum Gasteiger partial charge on any atom is 0.265 e. The van der Waals surface area contributed by atoms with Gasteiger partial charge in [-0.1, -0.05) is 12.1 Å². The van der Waals surface area contributed by atoms with Crippen LogP contribution in [-0.2, 0) is 11.3 Å². The van der Waals surface area contributed by atoms with Crippen LogP contribution in [0.2, 0.25) is 0 Å². The Kier molecular flexibility index (Phi) is 5.07. The average Bonchev–Trinajstić information content (AvgIpc) is 2.92. The molecule has 0 saturated carbocycles. The Bertz CT molecular complexity index is 928. The lowest BCUT2D eigenvalue weighted by atomic mass is 10.1. The molecule has 1 aliphatic heterocycles. The van der Waals surface area contributed by atoms with Crippen molar-refractivity contribution in [2.24, 2.45) is 0 Å². The Morgan fingerprint density at radius 3 is 2.48 bits per heavy atom. The highest BCUT2D eigenvalue weighted by Gasteiger charge is 2.38. The molecule has 7 nitrogen and oxygen atoms in total. The molecule has 0 radical (unpaired) electrons. The highest BCUT2D eigenvalue weighted by Crippen LogP contribution is 2.27. The summed E-state index contributed by atoms with van der Waals surface area (Å²) in [6, 6.07) is 8.97. The van der Waals surface area contributed by atoms with Gasteiger partial charge in [-0.2, -0.15) is 0 Å². The third-order valence-electron chi connectivity index (χ3n) is 4.19. The van der Waals surface area contributed by atoms with E-state index >= 15 is 0 Å². The maximum absolute atomic E-state index is 13.8. The Hall–Kier alpha value is -3.42. The number of carbonyl (C=O) groups excluding carboxylic acids is 3. The van der Waals surface area contributed by atoms with Gasteiger partial charge in [-0.15, -0.1) is 0 Å². The molecule has 3 amide bonds. The Morgan fingerprint density at radius 1 is 1.07 bits per heavy atom. The van der Waals surface area contributed by atoms with Crippen LogP contribution in [0.25, 0.3) is 0 Å². The first-order chi connectivity index (χ1) is 13.0. The SMILES string of the molecule is COc1ccc(CNC(=O)CN2C(=O)c3cccc(F)c3C2=O)cc1OC. The smallest absolute Gasteiger partial charge is 0.265 e. The third-order valence-corrected chi connectivity index (χ3v) is 4.19. The molecule has 0 unspecified atom stereocenters.